The second-order valence-corrected chi connectivity index (χ2v) is 4.42. The van der Waals surface area contributed by atoms with Gasteiger partial charge >= 0.3 is 0 Å². The Kier molecular flexibility index (Phi) is 4.99. The highest BCUT2D eigenvalue weighted by Gasteiger charge is 2.19. The van der Waals surface area contributed by atoms with Gasteiger partial charge in [-0.1, -0.05) is 62.4 Å². The highest BCUT2D eigenvalue weighted by molar-refractivity contribution is 5.24. The maximum absolute atomic E-state index is 6.17. The SMILES string of the molecule is CCN(CC)C(Oc1ccccc1)c1ccccc1. The van der Waals surface area contributed by atoms with Crippen LogP contribution in [0.15, 0.2) is 60.7 Å². The van der Waals surface area contributed by atoms with E-state index in [1.807, 2.05) is 36.4 Å². The van der Waals surface area contributed by atoms with Crippen LogP contribution in [0.25, 0.3) is 0 Å². The largest absolute Gasteiger partial charge is 0.471 e. The van der Waals surface area contributed by atoms with Crippen LogP contribution < -0.4 is 4.74 Å². The maximum atomic E-state index is 6.17. The number of ether oxygens (including phenoxy) is 1. The Morgan fingerprint density at radius 3 is 1.89 bits per heavy atom. The summed E-state index contributed by atoms with van der Waals surface area (Å²) >= 11 is 0. The minimum Gasteiger partial charge on any atom is -0.471 e. The molecule has 1 atom stereocenters. The van der Waals surface area contributed by atoms with E-state index in [1.54, 1.807) is 0 Å². The van der Waals surface area contributed by atoms with Gasteiger partial charge in [-0.3, -0.25) is 4.90 Å². The molecule has 2 nitrogen and oxygen atoms in total. The number of para-hydroxylation sites is 1. The first-order valence-corrected chi connectivity index (χ1v) is 6.85. The molecular weight excluding hydrogens is 234 g/mol. The van der Waals surface area contributed by atoms with E-state index in [2.05, 4.69) is 43.0 Å². The quantitative estimate of drug-likeness (QED) is 0.720. The highest BCUT2D eigenvalue weighted by Crippen LogP contribution is 2.24. The van der Waals surface area contributed by atoms with Crippen molar-refractivity contribution in [2.45, 2.75) is 20.1 Å². The van der Waals surface area contributed by atoms with Crippen molar-refractivity contribution in [1.29, 1.82) is 0 Å². The number of nitrogens with zero attached hydrogens (tertiary/aromatic N) is 1. The molecule has 1 unspecified atom stereocenters. The molecule has 2 rings (SSSR count). The maximum Gasteiger partial charge on any atom is 0.178 e. The van der Waals surface area contributed by atoms with Crippen LogP contribution in [0, 0.1) is 0 Å². The molecule has 2 aromatic rings. The second kappa shape index (κ2) is 6.95. The van der Waals surface area contributed by atoms with Gasteiger partial charge in [0.1, 0.15) is 5.75 Å². The van der Waals surface area contributed by atoms with E-state index in [0.29, 0.717) is 0 Å². The van der Waals surface area contributed by atoms with Crippen LogP contribution in [0.5, 0.6) is 5.75 Å². The summed E-state index contributed by atoms with van der Waals surface area (Å²) in [6.45, 7) is 6.24. The van der Waals surface area contributed by atoms with Crippen molar-refractivity contribution in [2.24, 2.45) is 0 Å². The standard InChI is InChI=1S/C17H21NO/c1-3-18(4-2)17(15-11-7-5-8-12-15)19-16-13-9-6-10-14-16/h5-14,17H,3-4H2,1-2H3. The smallest absolute Gasteiger partial charge is 0.178 e. The van der Waals surface area contributed by atoms with E-state index < -0.39 is 0 Å². The zero-order chi connectivity index (χ0) is 13.5. The van der Waals surface area contributed by atoms with Gasteiger partial charge in [-0.2, -0.15) is 0 Å². The molecule has 0 amide bonds. The summed E-state index contributed by atoms with van der Waals surface area (Å²) in [4.78, 5) is 2.31. The first kappa shape index (κ1) is 13.6. The van der Waals surface area contributed by atoms with Crippen molar-refractivity contribution in [3.63, 3.8) is 0 Å². The normalized spacial score (nSPS) is 12.4. The molecule has 0 aliphatic rings. The van der Waals surface area contributed by atoms with Crippen LogP contribution in [0.4, 0.5) is 0 Å². The van der Waals surface area contributed by atoms with Crippen molar-refractivity contribution in [3.8, 4) is 5.75 Å². The Labute approximate surface area is 115 Å². The highest BCUT2D eigenvalue weighted by atomic mass is 16.5. The summed E-state index contributed by atoms with van der Waals surface area (Å²) in [6, 6.07) is 20.4. The number of hydrogen-bond donors (Lipinski definition) is 0. The Morgan fingerprint density at radius 2 is 1.37 bits per heavy atom. The van der Waals surface area contributed by atoms with Crippen LogP contribution in [-0.4, -0.2) is 18.0 Å². The lowest BCUT2D eigenvalue weighted by Gasteiger charge is -2.30. The molecule has 0 aliphatic carbocycles. The van der Waals surface area contributed by atoms with Crippen molar-refractivity contribution in [3.05, 3.63) is 66.2 Å². The first-order valence-electron chi connectivity index (χ1n) is 6.85. The Bertz CT molecular complexity index is 465. The Hall–Kier alpha value is -1.80. The second-order valence-electron chi connectivity index (χ2n) is 4.42. The van der Waals surface area contributed by atoms with Gasteiger partial charge in [0.25, 0.3) is 0 Å². The lowest BCUT2D eigenvalue weighted by Crippen LogP contribution is -2.32. The van der Waals surface area contributed by atoms with Crippen molar-refractivity contribution in [1.82, 2.24) is 4.90 Å². The molecule has 0 heterocycles. The van der Waals surface area contributed by atoms with Gasteiger partial charge in [0.15, 0.2) is 6.23 Å². The lowest BCUT2D eigenvalue weighted by atomic mass is 10.2. The molecule has 19 heavy (non-hydrogen) atoms. The van der Waals surface area contributed by atoms with Gasteiger partial charge in [0.2, 0.25) is 0 Å². The summed E-state index contributed by atoms with van der Waals surface area (Å²) in [5.74, 6) is 0.906. The Morgan fingerprint density at radius 1 is 0.842 bits per heavy atom. The third-order valence-electron chi connectivity index (χ3n) is 3.22. The summed E-state index contributed by atoms with van der Waals surface area (Å²) in [5, 5.41) is 0. The van der Waals surface area contributed by atoms with Crippen molar-refractivity contribution < 1.29 is 4.74 Å². The molecule has 0 fully saturated rings. The summed E-state index contributed by atoms with van der Waals surface area (Å²) in [7, 11) is 0. The fourth-order valence-electron chi connectivity index (χ4n) is 2.15. The van der Waals surface area contributed by atoms with Gasteiger partial charge in [-0.05, 0) is 25.2 Å². The lowest BCUT2D eigenvalue weighted by molar-refractivity contribution is 0.0313. The third-order valence-corrected chi connectivity index (χ3v) is 3.22. The van der Waals surface area contributed by atoms with Crippen LogP contribution >= 0.6 is 0 Å². The molecule has 100 valence electrons. The molecule has 0 N–H and O–H groups in total. The van der Waals surface area contributed by atoms with Gasteiger partial charge in [-0.15, -0.1) is 0 Å². The number of rotatable bonds is 6. The summed E-state index contributed by atoms with van der Waals surface area (Å²) in [5.41, 5.74) is 1.19. The van der Waals surface area contributed by atoms with Crippen LogP contribution in [0.2, 0.25) is 0 Å². The molecule has 0 aromatic heterocycles. The molecular formula is C17H21NO. The molecule has 0 saturated heterocycles. The van der Waals surface area contributed by atoms with Gasteiger partial charge in [-0.25, -0.2) is 0 Å². The van der Waals surface area contributed by atoms with Gasteiger partial charge in [0, 0.05) is 5.56 Å². The number of hydrogen-bond acceptors (Lipinski definition) is 2. The van der Waals surface area contributed by atoms with E-state index >= 15 is 0 Å². The Balaban J connectivity index is 2.24. The predicted octanol–water partition coefficient (Wildman–Crippen LogP) is 4.11. The van der Waals surface area contributed by atoms with Gasteiger partial charge < -0.3 is 4.74 Å². The minimum absolute atomic E-state index is 0.0291. The van der Waals surface area contributed by atoms with Crippen LogP contribution in [0.1, 0.15) is 25.6 Å². The van der Waals surface area contributed by atoms with E-state index in [-0.39, 0.29) is 6.23 Å². The molecule has 2 heteroatoms. The molecule has 2 aromatic carbocycles. The van der Waals surface area contributed by atoms with Crippen LogP contribution in [-0.2, 0) is 0 Å². The minimum atomic E-state index is -0.0291. The van der Waals surface area contributed by atoms with Gasteiger partial charge in [0.05, 0.1) is 0 Å². The zero-order valence-corrected chi connectivity index (χ0v) is 11.6. The first-order chi connectivity index (χ1) is 9.35. The zero-order valence-electron chi connectivity index (χ0n) is 11.6. The summed E-state index contributed by atoms with van der Waals surface area (Å²) in [6.07, 6.45) is -0.0291. The topological polar surface area (TPSA) is 12.5 Å². The van der Waals surface area contributed by atoms with Crippen molar-refractivity contribution in [2.75, 3.05) is 13.1 Å². The molecule has 0 spiro atoms. The summed E-state index contributed by atoms with van der Waals surface area (Å²) < 4.78 is 6.17. The molecule has 0 saturated carbocycles. The average Bonchev–Trinajstić information content (AvgIpc) is 2.49. The van der Waals surface area contributed by atoms with E-state index in [1.165, 1.54) is 5.56 Å². The fraction of sp³-hybridized carbons (Fsp3) is 0.294. The molecule has 0 bridgehead atoms. The van der Waals surface area contributed by atoms with E-state index in [0.717, 1.165) is 18.8 Å². The number of benzene rings is 2. The molecule has 0 aliphatic heterocycles. The third kappa shape index (κ3) is 3.58. The van der Waals surface area contributed by atoms with Crippen molar-refractivity contribution >= 4 is 0 Å². The molecule has 0 radical (unpaired) electrons. The van der Waals surface area contributed by atoms with Crippen LogP contribution in [0.3, 0.4) is 0 Å². The average molecular weight is 255 g/mol. The monoisotopic (exact) mass is 255 g/mol. The predicted molar refractivity (Wildman–Crippen MR) is 79.2 cm³/mol. The fourth-order valence-corrected chi connectivity index (χ4v) is 2.15. The van der Waals surface area contributed by atoms with E-state index in [9.17, 15) is 0 Å². The van der Waals surface area contributed by atoms with E-state index in [4.69, 9.17) is 4.74 Å².